The molecule has 0 heterocycles. The van der Waals surface area contributed by atoms with Crippen LogP contribution in [0.15, 0.2) is 0 Å². The molecule has 0 aromatic carbocycles. The Morgan fingerprint density at radius 3 is 2.67 bits per heavy atom. The first-order chi connectivity index (χ1) is 7.13. The van der Waals surface area contributed by atoms with Gasteiger partial charge in [0.05, 0.1) is 5.92 Å². The second-order valence-electron chi connectivity index (χ2n) is 3.97. The molecule has 0 aliphatic heterocycles. The van der Waals surface area contributed by atoms with Crippen LogP contribution in [0, 0.1) is 5.92 Å². The summed E-state index contributed by atoms with van der Waals surface area (Å²) in [6.07, 6.45) is 2.47. The zero-order chi connectivity index (χ0) is 11.3. The third kappa shape index (κ3) is 3.87. The summed E-state index contributed by atoms with van der Waals surface area (Å²) in [7, 11) is 1.79. The number of carboxylic acids is 1. The Hall–Kier alpha value is -1.10. The van der Waals surface area contributed by atoms with Crippen LogP contribution in [0.2, 0.25) is 0 Å². The lowest BCUT2D eigenvalue weighted by Gasteiger charge is -2.12. The SMILES string of the molecule is CNCCC(=O)N[C@H]1CC[C@@H](C(=O)O)C1. The largest absolute Gasteiger partial charge is 0.481 e. The average molecular weight is 214 g/mol. The van der Waals surface area contributed by atoms with Crippen molar-refractivity contribution in [3.05, 3.63) is 0 Å². The van der Waals surface area contributed by atoms with Crippen molar-refractivity contribution in [3.8, 4) is 0 Å². The summed E-state index contributed by atoms with van der Waals surface area (Å²) in [5.41, 5.74) is 0. The van der Waals surface area contributed by atoms with Gasteiger partial charge in [-0.05, 0) is 26.3 Å². The number of carbonyl (C=O) groups is 2. The van der Waals surface area contributed by atoms with Crippen LogP contribution in [-0.2, 0) is 9.59 Å². The molecule has 0 bridgehead atoms. The number of hydrogen-bond acceptors (Lipinski definition) is 3. The van der Waals surface area contributed by atoms with Crippen molar-refractivity contribution in [1.29, 1.82) is 0 Å². The summed E-state index contributed by atoms with van der Waals surface area (Å²) in [5.74, 6) is -1.03. The lowest BCUT2D eigenvalue weighted by atomic mass is 10.1. The van der Waals surface area contributed by atoms with Crippen molar-refractivity contribution >= 4 is 11.9 Å². The molecule has 0 saturated heterocycles. The number of carboxylic acid groups (broad SMARTS) is 1. The Morgan fingerprint density at radius 2 is 2.13 bits per heavy atom. The van der Waals surface area contributed by atoms with Crippen molar-refractivity contribution in [2.45, 2.75) is 31.7 Å². The Labute approximate surface area is 89.2 Å². The first-order valence-electron chi connectivity index (χ1n) is 5.30. The molecule has 0 spiro atoms. The van der Waals surface area contributed by atoms with Gasteiger partial charge in [0.1, 0.15) is 0 Å². The molecule has 1 saturated carbocycles. The van der Waals surface area contributed by atoms with Gasteiger partial charge in [-0.1, -0.05) is 0 Å². The van der Waals surface area contributed by atoms with Crippen molar-refractivity contribution in [2.75, 3.05) is 13.6 Å². The van der Waals surface area contributed by atoms with E-state index in [1.165, 1.54) is 0 Å². The van der Waals surface area contributed by atoms with E-state index in [2.05, 4.69) is 10.6 Å². The Kier molecular flexibility index (Phi) is 4.55. The molecule has 0 aromatic heterocycles. The first-order valence-corrected chi connectivity index (χ1v) is 5.30. The van der Waals surface area contributed by atoms with E-state index in [9.17, 15) is 9.59 Å². The topological polar surface area (TPSA) is 78.4 Å². The zero-order valence-corrected chi connectivity index (χ0v) is 8.95. The van der Waals surface area contributed by atoms with Crippen molar-refractivity contribution in [2.24, 2.45) is 5.92 Å². The normalized spacial score (nSPS) is 25.1. The molecule has 2 atom stereocenters. The Morgan fingerprint density at radius 1 is 1.40 bits per heavy atom. The summed E-state index contributed by atoms with van der Waals surface area (Å²) in [6.45, 7) is 0.654. The van der Waals surface area contributed by atoms with Crippen LogP contribution in [0.1, 0.15) is 25.7 Å². The van der Waals surface area contributed by atoms with E-state index in [1.807, 2.05) is 0 Å². The molecule has 1 aliphatic rings. The van der Waals surface area contributed by atoms with Crippen LogP contribution in [0.3, 0.4) is 0 Å². The second-order valence-corrected chi connectivity index (χ2v) is 3.97. The van der Waals surface area contributed by atoms with Crippen LogP contribution in [-0.4, -0.2) is 36.6 Å². The third-order valence-electron chi connectivity index (χ3n) is 2.75. The van der Waals surface area contributed by atoms with Crippen LogP contribution in [0.25, 0.3) is 0 Å². The van der Waals surface area contributed by atoms with Crippen molar-refractivity contribution < 1.29 is 14.7 Å². The van der Waals surface area contributed by atoms with Gasteiger partial charge in [0, 0.05) is 19.0 Å². The van der Waals surface area contributed by atoms with E-state index in [0.717, 1.165) is 6.42 Å². The van der Waals surface area contributed by atoms with Gasteiger partial charge in [0.15, 0.2) is 0 Å². The van der Waals surface area contributed by atoms with Gasteiger partial charge >= 0.3 is 5.97 Å². The van der Waals surface area contributed by atoms with Crippen molar-refractivity contribution in [3.63, 3.8) is 0 Å². The van der Waals surface area contributed by atoms with Gasteiger partial charge < -0.3 is 15.7 Å². The van der Waals surface area contributed by atoms with Gasteiger partial charge in [-0.3, -0.25) is 9.59 Å². The summed E-state index contributed by atoms with van der Waals surface area (Å²) < 4.78 is 0. The third-order valence-corrected chi connectivity index (χ3v) is 2.75. The van der Waals surface area contributed by atoms with E-state index in [1.54, 1.807) is 7.05 Å². The highest BCUT2D eigenvalue weighted by Gasteiger charge is 2.30. The number of amides is 1. The molecule has 0 radical (unpaired) electrons. The molecule has 1 amide bonds. The standard InChI is InChI=1S/C10H18N2O3/c1-11-5-4-9(13)12-8-3-2-7(6-8)10(14)15/h7-8,11H,2-6H2,1H3,(H,12,13)(H,14,15)/t7-,8+/m1/s1. The molecule has 5 heteroatoms. The van der Waals surface area contributed by atoms with Crippen LogP contribution < -0.4 is 10.6 Å². The monoisotopic (exact) mass is 214 g/mol. The minimum atomic E-state index is -0.748. The fourth-order valence-electron chi connectivity index (χ4n) is 1.88. The average Bonchev–Trinajstić information content (AvgIpc) is 2.63. The summed E-state index contributed by atoms with van der Waals surface area (Å²) in [4.78, 5) is 22.0. The predicted molar refractivity (Wildman–Crippen MR) is 55.5 cm³/mol. The zero-order valence-electron chi connectivity index (χ0n) is 8.95. The van der Waals surface area contributed by atoms with Gasteiger partial charge in [-0.15, -0.1) is 0 Å². The van der Waals surface area contributed by atoms with E-state index in [-0.39, 0.29) is 17.9 Å². The van der Waals surface area contributed by atoms with E-state index >= 15 is 0 Å². The lowest BCUT2D eigenvalue weighted by Crippen LogP contribution is -2.34. The highest BCUT2D eigenvalue weighted by atomic mass is 16.4. The van der Waals surface area contributed by atoms with Crippen LogP contribution >= 0.6 is 0 Å². The number of carbonyl (C=O) groups excluding carboxylic acids is 1. The first kappa shape index (κ1) is 12.0. The van der Waals surface area contributed by atoms with Crippen LogP contribution in [0.4, 0.5) is 0 Å². The summed E-state index contributed by atoms with van der Waals surface area (Å²) in [6, 6.07) is 0.0513. The van der Waals surface area contributed by atoms with Crippen molar-refractivity contribution in [1.82, 2.24) is 10.6 Å². The molecule has 1 fully saturated rings. The van der Waals surface area contributed by atoms with Crippen LogP contribution in [0.5, 0.6) is 0 Å². The number of rotatable bonds is 5. The maximum absolute atomic E-state index is 11.3. The predicted octanol–water partition coefficient (Wildman–Crippen LogP) is -0.0346. The Bertz CT molecular complexity index is 243. The van der Waals surface area contributed by atoms with Gasteiger partial charge in [-0.25, -0.2) is 0 Å². The molecule has 0 aromatic rings. The quantitative estimate of drug-likeness (QED) is 0.600. The Balaban J connectivity index is 2.23. The molecule has 1 aliphatic carbocycles. The molecule has 86 valence electrons. The minimum absolute atomic E-state index is 0.000360. The van der Waals surface area contributed by atoms with Gasteiger partial charge in [-0.2, -0.15) is 0 Å². The molecule has 1 rings (SSSR count). The van der Waals surface area contributed by atoms with Gasteiger partial charge in [0.2, 0.25) is 5.91 Å². The molecular weight excluding hydrogens is 196 g/mol. The molecule has 0 unspecified atom stereocenters. The fraction of sp³-hybridized carbons (Fsp3) is 0.800. The fourth-order valence-corrected chi connectivity index (χ4v) is 1.88. The summed E-state index contributed by atoms with van der Waals surface area (Å²) in [5, 5.41) is 14.5. The number of hydrogen-bond donors (Lipinski definition) is 3. The van der Waals surface area contributed by atoms with E-state index in [0.29, 0.717) is 25.8 Å². The molecule has 5 nitrogen and oxygen atoms in total. The maximum atomic E-state index is 11.3. The minimum Gasteiger partial charge on any atom is -0.481 e. The smallest absolute Gasteiger partial charge is 0.306 e. The number of aliphatic carboxylic acids is 1. The molecule has 3 N–H and O–H groups in total. The molecular formula is C10H18N2O3. The maximum Gasteiger partial charge on any atom is 0.306 e. The van der Waals surface area contributed by atoms with Gasteiger partial charge in [0.25, 0.3) is 0 Å². The highest BCUT2D eigenvalue weighted by Crippen LogP contribution is 2.25. The number of nitrogens with one attached hydrogen (secondary N) is 2. The van der Waals surface area contributed by atoms with E-state index < -0.39 is 5.97 Å². The summed E-state index contributed by atoms with van der Waals surface area (Å²) >= 11 is 0. The molecule has 15 heavy (non-hydrogen) atoms. The second kappa shape index (κ2) is 5.70. The van der Waals surface area contributed by atoms with E-state index in [4.69, 9.17) is 5.11 Å². The highest BCUT2D eigenvalue weighted by molar-refractivity contribution is 5.77. The lowest BCUT2D eigenvalue weighted by molar-refractivity contribution is -0.141.